The average Bonchev–Trinajstić information content (AvgIpc) is 3.17. The predicted molar refractivity (Wildman–Crippen MR) is 132 cm³/mol. The molecule has 3 rings (SSSR count). The van der Waals surface area contributed by atoms with E-state index in [9.17, 15) is 4.79 Å². The number of unbranched alkanes of at least 4 members (excludes halogenated alkanes) is 1. The summed E-state index contributed by atoms with van der Waals surface area (Å²) in [7, 11) is 0. The van der Waals surface area contributed by atoms with Gasteiger partial charge >= 0.3 is 6.03 Å². The van der Waals surface area contributed by atoms with Crippen LogP contribution < -0.4 is 10.6 Å². The van der Waals surface area contributed by atoms with Crippen LogP contribution in [0.1, 0.15) is 88.3 Å². The highest BCUT2D eigenvalue weighted by molar-refractivity contribution is 5.91. The quantitative estimate of drug-likeness (QED) is 0.330. The number of urea groups is 1. The second kappa shape index (κ2) is 10.5. The SMILES string of the molecule is CCCCC(CNC(=O)Nc1c(C(C)C)cccc1C(C)C)c1c[nH]c2ccccc12. The Hall–Kier alpha value is -2.75. The number of fused-ring (bicyclic) bond motifs is 1. The molecule has 4 nitrogen and oxygen atoms in total. The summed E-state index contributed by atoms with van der Waals surface area (Å²) in [5.74, 6) is 0.974. The van der Waals surface area contributed by atoms with Gasteiger partial charge in [-0.1, -0.05) is 83.9 Å². The number of amides is 2. The van der Waals surface area contributed by atoms with Crippen molar-refractivity contribution >= 4 is 22.6 Å². The van der Waals surface area contributed by atoms with Crippen molar-refractivity contribution < 1.29 is 4.79 Å². The van der Waals surface area contributed by atoms with Crippen molar-refractivity contribution in [2.24, 2.45) is 0 Å². The van der Waals surface area contributed by atoms with Gasteiger partial charge in [0.1, 0.15) is 0 Å². The molecule has 0 aliphatic carbocycles. The number of nitrogens with one attached hydrogen (secondary N) is 3. The summed E-state index contributed by atoms with van der Waals surface area (Å²) in [5.41, 5.74) is 5.76. The Kier molecular flexibility index (Phi) is 7.78. The van der Waals surface area contributed by atoms with Crippen LogP contribution in [0.4, 0.5) is 10.5 Å². The first-order valence-corrected chi connectivity index (χ1v) is 11.7. The van der Waals surface area contributed by atoms with Crippen LogP contribution in [0.5, 0.6) is 0 Å². The number of benzene rings is 2. The molecule has 1 unspecified atom stereocenters. The molecule has 1 heterocycles. The number of hydrogen-bond donors (Lipinski definition) is 3. The fraction of sp³-hybridized carbons (Fsp3) is 0.444. The number of rotatable bonds is 9. The Morgan fingerprint density at radius 1 is 0.935 bits per heavy atom. The van der Waals surface area contributed by atoms with Crippen molar-refractivity contribution in [3.63, 3.8) is 0 Å². The van der Waals surface area contributed by atoms with Crippen molar-refractivity contribution in [1.29, 1.82) is 0 Å². The molecule has 0 aliphatic heterocycles. The van der Waals surface area contributed by atoms with Gasteiger partial charge in [0.2, 0.25) is 0 Å². The number of carbonyl (C=O) groups is 1. The first-order chi connectivity index (χ1) is 14.9. The molecule has 166 valence electrons. The van der Waals surface area contributed by atoms with Crippen LogP contribution in [0, 0.1) is 0 Å². The summed E-state index contributed by atoms with van der Waals surface area (Å²) in [6.07, 6.45) is 5.44. The molecule has 0 bridgehead atoms. The molecule has 2 aromatic carbocycles. The minimum absolute atomic E-state index is 0.128. The summed E-state index contributed by atoms with van der Waals surface area (Å²) in [4.78, 5) is 16.3. The van der Waals surface area contributed by atoms with Gasteiger partial charge in [-0.25, -0.2) is 4.79 Å². The van der Waals surface area contributed by atoms with E-state index in [1.807, 2.05) is 6.07 Å². The molecule has 4 heteroatoms. The lowest BCUT2D eigenvalue weighted by atomic mass is 9.92. The van der Waals surface area contributed by atoms with Gasteiger partial charge in [-0.2, -0.15) is 0 Å². The Balaban J connectivity index is 1.76. The van der Waals surface area contributed by atoms with Gasteiger partial charge in [-0.15, -0.1) is 0 Å². The van der Waals surface area contributed by atoms with E-state index in [1.165, 1.54) is 22.1 Å². The summed E-state index contributed by atoms with van der Waals surface area (Å²) < 4.78 is 0. The first kappa shape index (κ1) is 22.9. The second-order valence-electron chi connectivity index (χ2n) is 9.08. The summed E-state index contributed by atoms with van der Waals surface area (Å²) in [6.45, 7) is 11.5. The predicted octanol–water partition coefficient (Wildman–Crippen LogP) is 7.51. The minimum atomic E-state index is -0.128. The van der Waals surface area contributed by atoms with E-state index < -0.39 is 0 Å². The molecular formula is C27H37N3O. The summed E-state index contributed by atoms with van der Waals surface area (Å²) in [6, 6.07) is 14.6. The average molecular weight is 420 g/mol. The topological polar surface area (TPSA) is 56.9 Å². The lowest BCUT2D eigenvalue weighted by Crippen LogP contribution is -2.33. The van der Waals surface area contributed by atoms with Gasteiger partial charge in [0.25, 0.3) is 0 Å². The molecule has 31 heavy (non-hydrogen) atoms. The van der Waals surface area contributed by atoms with E-state index in [4.69, 9.17) is 0 Å². The molecule has 0 aliphatic rings. The van der Waals surface area contributed by atoms with Gasteiger partial charge in [-0.3, -0.25) is 0 Å². The Morgan fingerprint density at radius 2 is 1.61 bits per heavy atom. The van der Waals surface area contributed by atoms with Crippen molar-refractivity contribution in [2.45, 2.75) is 71.6 Å². The number of hydrogen-bond acceptors (Lipinski definition) is 1. The van der Waals surface area contributed by atoms with Crippen LogP contribution in [0.2, 0.25) is 0 Å². The van der Waals surface area contributed by atoms with Gasteiger partial charge in [0, 0.05) is 35.2 Å². The number of aromatic amines is 1. The highest BCUT2D eigenvalue weighted by Gasteiger charge is 2.19. The number of aromatic nitrogens is 1. The van der Waals surface area contributed by atoms with Crippen LogP contribution in [0.15, 0.2) is 48.7 Å². The van der Waals surface area contributed by atoms with E-state index in [1.54, 1.807) is 0 Å². The lowest BCUT2D eigenvalue weighted by Gasteiger charge is -2.22. The summed E-state index contributed by atoms with van der Waals surface area (Å²) in [5, 5.41) is 7.59. The smallest absolute Gasteiger partial charge is 0.319 e. The molecule has 0 radical (unpaired) electrons. The van der Waals surface area contributed by atoms with Crippen molar-refractivity contribution in [3.8, 4) is 0 Å². The molecule has 3 aromatic rings. The van der Waals surface area contributed by atoms with Crippen LogP contribution in [0.25, 0.3) is 10.9 Å². The van der Waals surface area contributed by atoms with E-state index in [-0.39, 0.29) is 11.9 Å². The standard InChI is InChI=1S/C27H37N3O/c1-6-7-11-20(24-17-28-25-15-9-8-12-23(24)25)16-29-27(31)30-26-21(18(2)3)13-10-14-22(26)19(4)5/h8-10,12-15,17-20,28H,6-7,11,16H2,1-5H3,(H2,29,30,31). The molecule has 1 atom stereocenters. The third-order valence-corrected chi connectivity index (χ3v) is 6.09. The van der Waals surface area contributed by atoms with Gasteiger partial charge in [-0.05, 0) is 41.0 Å². The Bertz CT molecular complexity index is 976. The second-order valence-corrected chi connectivity index (χ2v) is 9.08. The molecule has 0 spiro atoms. The number of anilines is 1. The van der Waals surface area contributed by atoms with Gasteiger partial charge in [0.15, 0.2) is 0 Å². The zero-order chi connectivity index (χ0) is 22.4. The Labute approximate surface area is 186 Å². The van der Waals surface area contributed by atoms with Crippen molar-refractivity contribution in [3.05, 3.63) is 65.4 Å². The fourth-order valence-electron chi connectivity index (χ4n) is 4.32. The fourth-order valence-corrected chi connectivity index (χ4v) is 4.32. The third-order valence-electron chi connectivity index (χ3n) is 6.09. The number of carbonyl (C=O) groups excluding carboxylic acids is 1. The third kappa shape index (κ3) is 5.49. The zero-order valence-electron chi connectivity index (χ0n) is 19.6. The van der Waals surface area contributed by atoms with Crippen molar-refractivity contribution in [1.82, 2.24) is 10.3 Å². The monoisotopic (exact) mass is 419 g/mol. The molecule has 0 fully saturated rings. The normalized spacial score (nSPS) is 12.5. The summed E-state index contributed by atoms with van der Waals surface area (Å²) >= 11 is 0. The molecule has 0 saturated heterocycles. The van der Waals surface area contributed by atoms with Crippen LogP contribution >= 0.6 is 0 Å². The van der Waals surface area contributed by atoms with Crippen LogP contribution in [0.3, 0.4) is 0 Å². The maximum absolute atomic E-state index is 12.9. The van der Waals surface area contributed by atoms with Crippen molar-refractivity contribution in [2.75, 3.05) is 11.9 Å². The molecule has 2 amide bonds. The van der Waals surface area contributed by atoms with Gasteiger partial charge < -0.3 is 15.6 Å². The van der Waals surface area contributed by atoms with E-state index in [2.05, 4.69) is 92.8 Å². The zero-order valence-corrected chi connectivity index (χ0v) is 19.6. The highest BCUT2D eigenvalue weighted by atomic mass is 16.2. The van der Waals surface area contributed by atoms with E-state index in [0.29, 0.717) is 18.4 Å². The maximum atomic E-state index is 12.9. The highest BCUT2D eigenvalue weighted by Crippen LogP contribution is 2.33. The molecule has 1 aromatic heterocycles. The maximum Gasteiger partial charge on any atom is 0.319 e. The Morgan fingerprint density at radius 3 is 2.26 bits per heavy atom. The number of para-hydroxylation sites is 2. The minimum Gasteiger partial charge on any atom is -0.361 e. The first-order valence-electron chi connectivity index (χ1n) is 11.7. The number of H-pyrrole nitrogens is 1. The molecule has 3 N–H and O–H groups in total. The van der Waals surface area contributed by atoms with Gasteiger partial charge in [0.05, 0.1) is 0 Å². The largest absolute Gasteiger partial charge is 0.361 e. The van der Waals surface area contributed by atoms with Crippen LogP contribution in [-0.4, -0.2) is 17.6 Å². The lowest BCUT2D eigenvalue weighted by molar-refractivity contribution is 0.251. The van der Waals surface area contributed by atoms with E-state index in [0.717, 1.165) is 30.5 Å². The molecular weight excluding hydrogens is 382 g/mol. The van der Waals surface area contributed by atoms with E-state index >= 15 is 0 Å². The molecule has 0 saturated carbocycles. The van der Waals surface area contributed by atoms with Crippen LogP contribution in [-0.2, 0) is 0 Å².